The van der Waals surface area contributed by atoms with Crippen molar-refractivity contribution in [3.8, 4) is 0 Å². The van der Waals surface area contributed by atoms with E-state index in [2.05, 4.69) is 11.2 Å². The van der Waals surface area contributed by atoms with Crippen LogP contribution in [0.5, 0.6) is 0 Å². The zero-order chi connectivity index (χ0) is 8.10. The van der Waals surface area contributed by atoms with Crippen molar-refractivity contribution in [2.45, 2.75) is 18.9 Å². The Labute approximate surface area is 73.0 Å². The van der Waals surface area contributed by atoms with E-state index in [0.717, 1.165) is 25.9 Å². The molecule has 0 spiro atoms. The number of rotatable bonds is 3. The first-order valence-electron chi connectivity index (χ1n) is 4.22. The molecule has 0 saturated carbocycles. The molecule has 3 heteroatoms. The van der Waals surface area contributed by atoms with Gasteiger partial charge in [-0.2, -0.15) is 11.8 Å². The highest BCUT2D eigenvalue weighted by Crippen LogP contribution is 2.09. The lowest BCUT2D eigenvalue weighted by Gasteiger charge is -2.29. The zero-order valence-corrected chi connectivity index (χ0v) is 7.94. The number of hydrogen-bond acceptors (Lipinski definition) is 3. The molecule has 0 aromatic rings. The molecule has 0 aromatic carbocycles. The standard InChI is InChI=1S/C8H17NOS/c1-11-6-5-9-4-2-3-8(10)7-9/h8,10H,2-7H2,1H3. The number of piperidine rings is 1. The summed E-state index contributed by atoms with van der Waals surface area (Å²) in [5.74, 6) is 1.19. The minimum absolute atomic E-state index is 0.0643. The molecule has 0 aliphatic carbocycles. The lowest BCUT2D eigenvalue weighted by atomic mass is 10.1. The summed E-state index contributed by atoms with van der Waals surface area (Å²) in [4.78, 5) is 2.35. The normalized spacial score (nSPS) is 27.3. The molecule has 0 radical (unpaired) electrons. The van der Waals surface area contributed by atoms with Gasteiger partial charge in [0.2, 0.25) is 0 Å². The van der Waals surface area contributed by atoms with Gasteiger partial charge in [0.25, 0.3) is 0 Å². The van der Waals surface area contributed by atoms with Gasteiger partial charge in [-0.25, -0.2) is 0 Å². The van der Waals surface area contributed by atoms with Crippen LogP contribution >= 0.6 is 11.8 Å². The summed E-state index contributed by atoms with van der Waals surface area (Å²) < 4.78 is 0. The summed E-state index contributed by atoms with van der Waals surface area (Å²) in [6.45, 7) is 3.20. The molecule has 1 N–H and O–H groups in total. The second-order valence-corrected chi connectivity index (χ2v) is 4.08. The van der Waals surface area contributed by atoms with Gasteiger partial charge in [0.05, 0.1) is 6.10 Å². The predicted molar refractivity (Wildman–Crippen MR) is 50.1 cm³/mol. The van der Waals surface area contributed by atoms with Crippen molar-refractivity contribution < 1.29 is 5.11 Å². The van der Waals surface area contributed by atoms with E-state index in [1.807, 2.05) is 11.8 Å². The highest BCUT2D eigenvalue weighted by molar-refractivity contribution is 7.98. The molecule has 1 unspecified atom stereocenters. The molecule has 66 valence electrons. The van der Waals surface area contributed by atoms with Gasteiger partial charge in [0.1, 0.15) is 0 Å². The van der Waals surface area contributed by atoms with Gasteiger partial charge in [-0.15, -0.1) is 0 Å². The van der Waals surface area contributed by atoms with E-state index in [4.69, 9.17) is 0 Å². The first-order valence-corrected chi connectivity index (χ1v) is 5.61. The molecule has 1 heterocycles. The summed E-state index contributed by atoms with van der Waals surface area (Å²) in [6.07, 6.45) is 4.22. The minimum atomic E-state index is -0.0643. The number of hydrogen-bond donors (Lipinski definition) is 1. The van der Waals surface area contributed by atoms with Crippen LogP contribution < -0.4 is 0 Å². The number of thioether (sulfide) groups is 1. The van der Waals surface area contributed by atoms with Gasteiger partial charge in [-0.1, -0.05) is 0 Å². The SMILES string of the molecule is CSCCN1CCCC(O)C1. The Hall–Kier alpha value is 0.270. The maximum Gasteiger partial charge on any atom is 0.0667 e. The Morgan fingerprint density at radius 2 is 2.45 bits per heavy atom. The molecule has 1 saturated heterocycles. The monoisotopic (exact) mass is 175 g/mol. The third-order valence-electron chi connectivity index (χ3n) is 2.09. The van der Waals surface area contributed by atoms with E-state index in [1.54, 1.807) is 0 Å². The van der Waals surface area contributed by atoms with Gasteiger partial charge in [-0.05, 0) is 25.6 Å². The highest BCUT2D eigenvalue weighted by Gasteiger charge is 2.16. The lowest BCUT2D eigenvalue weighted by molar-refractivity contribution is 0.0743. The zero-order valence-electron chi connectivity index (χ0n) is 7.12. The molecule has 11 heavy (non-hydrogen) atoms. The third kappa shape index (κ3) is 3.45. The predicted octanol–water partition coefficient (Wildman–Crippen LogP) is 0.806. The first-order chi connectivity index (χ1) is 5.33. The average Bonchev–Trinajstić information content (AvgIpc) is 2.01. The molecule has 0 aromatic heterocycles. The maximum atomic E-state index is 9.33. The maximum absolute atomic E-state index is 9.33. The fraction of sp³-hybridized carbons (Fsp3) is 1.00. The fourth-order valence-electron chi connectivity index (χ4n) is 1.45. The highest BCUT2D eigenvalue weighted by atomic mass is 32.2. The van der Waals surface area contributed by atoms with Crippen LogP contribution in [0.2, 0.25) is 0 Å². The van der Waals surface area contributed by atoms with E-state index >= 15 is 0 Å². The topological polar surface area (TPSA) is 23.5 Å². The van der Waals surface area contributed by atoms with Crippen LogP contribution in [0.15, 0.2) is 0 Å². The minimum Gasteiger partial charge on any atom is -0.392 e. The molecule has 0 bridgehead atoms. The van der Waals surface area contributed by atoms with Gasteiger partial charge >= 0.3 is 0 Å². The molecule has 1 aliphatic rings. The third-order valence-corrected chi connectivity index (χ3v) is 2.68. The number of likely N-dealkylation sites (tertiary alicyclic amines) is 1. The molecule has 0 amide bonds. The summed E-state index contributed by atoms with van der Waals surface area (Å²) in [5, 5.41) is 9.33. The Bertz CT molecular complexity index is 110. The molecule has 1 rings (SSSR count). The van der Waals surface area contributed by atoms with Crippen LogP contribution in [0.3, 0.4) is 0 Å². The van der Waals surface area contributed by atoms with Crippen LogP contribution in [-0.2, 0) is 0 Å². The van der Waals surface area contributed by atoms with Crippen molar-refractivity contribution in [1.82, 2.24) is 4.90 Å². The molecule has 1 atom stereocenters. The summed E-state index contributed by atoms with van der Waals surface area (Å²) in [5.41, 5.74) is 0. The number of β-amino-alcohol motifs (C(OH)–C–C–N with tert-alkyl or cyclic N) is 1. The van der Waals surface area contributed by atoms with Crippen LogP contribution in [0.1, 0.15) is 12.8 Å². The van der Waals surface area contributed by atoms with Gasteiger partial charge in [0, 0.05) is 18.8 Å². The van der Waals surface area contributed by atoms with Crippen molar-refractivity contribution in [1.29, 1.82) is 0 Å². The molecular formula is C8H17NOS. The summed E-state index contributed by atoms with van der Waals surface area (Å²) >= 11 is 1.87. The number of nitrogens with zero attached hydrogens (tertiary/aromatic N) is 1. The van der Waals surface area contributed by atoms with Gasteiger partial charge in [-0.3, -0.25) is 4.90 Å². The molecule has 1 fully saturated rings. The molecular weight excluding hydrogens is 158 g/mol. The van der Waals surface area contributed by atoms with Crippen LogP contribution in [0, 0.1) is 0 Å². The van der Waals surface area contributed by atoms with Gasteiger partial charge in [0.15, 0.2) is 0 Å². The average molecular weight is 175 g/mol. The summed E-state index contributed by atoms with van der Waals surface area (Å²) in [7, 11) is 0. The quantitative estimate of drug-likeness (QED) is 0.686. The van der Waals surface area contributed by atoms with Crippen molar-refractivity contribution >= 4 is 11.8 Å². The fourth-order valence-corrected chi connectivity index (χ4v) is 1.90. The van der Waals surface area contributed by atoms with Crippen molar-refractivity contribution in [2.24, 2.45) is 0 Å². The smallest absolute Gasteiger partial charge is 0.0667 e. The van der Waals surface area contributed by atoms with Gasteiger partial charge < -0.3 is 5.11 Å². The van der Waals surface area contributed by atoms with E-state index in [0.29, 0.717) is 0 Å². The lowest BCUT2D eigenvalue weighted by Crippen LogP contribution is -2.39. The van der Waals surface area contributed by atoms with E-state index in [1.165, 1.54) is 12.3 Å². The number of aliphatic hydroxyl groups is 1. The van der Waals surface area contributed by atoms with E-state index < -0.39 is 0 Å². The van der Waals surface area contributed by atoms with E-state index in [-0.39, 0.29) is 6.10 Å². The number of aliphatic hydroxyl groups excluding tert-OH is 1. The largest absolute Gasteiger partial charge is 0.392 e. The Morgan fingerprint density at radius 3 is 3.09 bits per heavy atom. The van der Waals surface area contributed by atoms with Crippen LogP contribution in [0.25, 0.3) is 0 Å². The summed E-state index contributed by atoms with van der Waals surface area (Å²) in [6, 6.07) is 0. The van der Waals surface area contributed by atoms with Crippen LogP contribution in [0.4, 0.5) is 0 Å². The second-order valence-electron chi connectivity index (χ2n) is 3.09. The molecule has 2 nitrogen and oxygen atoms in total. The van der Waals surface area contributed by atoms with Crippen LogP contribution in [-0.4, -0.2) is 47.8 Å². The van der Waals surface area contributed by atoms with Crippen molar-refractivity contribution in [2.75, 3.05) is 31.6 Å². The Balaban J connectivity index is 2.12. The van der Waals surface area contributed by atoms with E-state index in [9.17, 15) is 5.11 Å². The molecule has 1 aliphatic heterocycles. The Kier molecular flexibility index (Phi) is 4.26. The first kappa shape index (κ1) is 9.36. The van der Waals surface area contributed by atoms with Crippen molar-refractivity contribution in [3.63, 3.8) is 0 Å². The second kappa shape index (κ2) is 5.01. The van der Waals surface area contributed by atoms with Crippen molar-refractivity contribution in [3.05, 3.63) is 0 Å². The Morgan fingerprint density at radius 1 is 1.64 bits per heavy atom.